The Balaban J connectivity index is 1.97. The molecule has 2 rings (SSSR count). The highest BCUT2D eigenvalue weighted by Gasteiger charge is 2.15. The quantitative estimate of drug-likeness (QED) is 0.753. The van der Waals surface area contributed by atoms with Crippen LogP contribution in [0.4, 0.5) is 0 Å². The van der Waals surface area contributed by atoms with E-state index in [9.17, 15) is 4.79 Å². The number of carbonyl (C=O) groups excluding carboxylic acids is 1. The molecule has 3 nitrogen and oxygen atoms in total. The zero-order chi connectivity index (χ0) is 12.1. The number of hydrogen-bond donors (Lipinski definition) is 0. The summed E-state index contributed by atoms with van der Waals surface area (Å²) in [6.07, 6.45) is 3.20. The summed E-state index contributed by atoms with van der Waals surface area (Å²) in [7, 11) is 0. The third kappa shape index (κ3) is 3.20. The molecule has 0 N–H and O–H groups in total. The summed E-state index contributed by atoms with van der Waals surface area (Å²) in [6.45, 7) is 2.08. The predicted octanol–water partition coefficient (Wildman–Crippen LogP) is 3.37. The minimum Gasteiger partial charge on any atom is -0.293 e. The van der Waals surface area contributed by atoms with Gasteiger partial charge in [0.1, 0.15) is 4.88 Å². The number of hydrogen-bond acceptors (Lipinski definition) is 5. The molecule has 5 heteroatoms. The van der Waals surface area contributed by atoms with Crippen LogP contribution in [0, 0.1) is 0 Å². The van der Waals surface area contributed by atoms with Gasteiger partial charge in [0.25, 0.3) is 0 Å². The number of carbonyl (C=O) groups is 1. The van der Waals surface area contributed by atoms with Crippen molar-refractivity contribution in [1.29, 1.82) is 0 Å². The molecule has 17 heavy (non-hydrogen) atoms. The number of aryl methyl sites for hydroxylation is 2. The molecule has 0 aliphatic rings. The number of rotatable bonds is 6. The molecule has 90 valence electrons. The summed E-state index contributed by atoms with van der Waals surface area (Å²) in [5, 5.41) is 8.15. The lowest BCUT2D eigenvalue weighted by Gasteiger charge is -1.98. The van der Waals surface area contributed by atoms with Crippen LogP contribution in [-0.2, 0) is 12.8 Å². The first-order valence-electron chi connectivity index (χ1n) is 5.66. The fourth-order valence-corrected chi connectivity index (χ4v) is 3.00. The van der Waals surface area contributed by atoms with Gasteiger partial charge in [-0.1, -0.05) is 17.8 Å². The summed E-state index contributed by atoms with van der Waals surface area (Å²) in [6, 6.07) is 2.07. The van der Waals surface area contributed by atoms with Crippen molar-refractivity contribution >= 4 is 28.7 Å². The third-order valence-corrected chi connectivity index (χ3v) is 4.06. The Morgan fingerprint density at radius 1 is 1.41 bits per heavy atom. The van der Waals surface area contributed by atoms with Crippen LogP contribution in [0.2, 0.25) is 0 Å². The average molecular weight is 266 g/mol. The molecule has 0 saturated heterocycles. The lowest BCUT2D eigenvalue weighted by atomic mass is 10.1. The summed E-state index contributed by atoms with van der Waals surface area (Å²) in [4.78, 5) is 12.8. The van der Waals surface area contributed by atoms with Gasteiger partial charge in [0.15, 0.2) is 5.78 Å². The highest BCUT2D eigenvalue weighted by Crippen LogP contribution is 2.17. The van der Waals surface area contributed by atoms with E-state index in [1.54, 1.807) is 11.3 Å². The van der Waals surface area contributed by atoms with E-state index in [1.165, 1.54) is 17.1 Å². The molecule has 0 radical (unpaired) electrons. The second-order valence-corrected chi connectivity index (χ2v) is 5.39. The third-order valence-electron chi connectivity index (χ3n) is 2.52. The summed E-state index contributed by atoms with van der Waals surface area (Å²) in [5.41, 5.74) is 2.10. The first-order valence-corrected chi connectivity index (χ1v) is 7.38. The molecule has 0 aliphatic carbocycles. The van der Waals surface area contributed by atoms with E-state index >= 15 is 0 Å². The van der Waals surface area contributed by atoms with Gasteiger partial charge in [-0.2, -0.15) is 11.3 Å². The van der Waals surface area contributed by atoms with Crippen LogP contribution in [0.1, 0.15) is 40.7 Å². The molecular formula is C12H14N2OS2. The van der Waals surface area contributed by atoms with E-state index in [1.807, 2.05) is 5.38 Å². The number of thiophene rings is 1. The molecule has 2 aromatic rings. The van der Waals surface area contributed by atoms with E-state index in [0.29, 0.717) is 6.42 Å². The summed E-state index contributed by atoms with van der Waals surface area (Å²) in [5.74, 6) is 0.176. The van der Waals surface area contributed by atoms with E-state index in [2.05, 4.69) is 28.0 Å². The van der Waals surface area contributed by atoms with Gasteiger partial charge in [-0.3, -0.25) is 4.79 Å². The Morgan fingerprint density at radius 2 is 2.29 bits per heavy atom. The maximum atomic E-state index is 12.0. The van der Waals surface area contributed by atoms with Crippen molar-refractivity contribution < 1.29 is 4.79 Å². The molecule has 0 saturated carbocycles. The van der Waals surface area contributed by atoms with Gasteiger partial charge in [0, 0.05) is 6.42 Å². The van der Waals surface area contributed by atoms with E-state index in [4.69, 9.17) is 0 Å². The maximum absolute atomic E-state index is 12.0. The van der Waals surface area contributed by atoms with Crippen LogP contribution in [0.15, 0.2) is 16.8 Å². The van der Waals surface area contributed by atoms with Crippen molar-refractivity contribution in [3.63, 3.8) is 0 Å². The Kier molecular flexibility index (Phi) is 4.39. The number of ketones is 1. The lowest BCUT2D eigenvalue weighted by molar-refractivity contribution is 0.0985. The number of aromatic nitrogens is 2. The largest absolute Gasteiger partial charge is 0.293 e. The average Bonchev–Trinajstić information content (AvgIpc) is 2.97. The standard InChI is InChI=1S/C12H14N2OS2/c1-2-3-10-12(17-14-13-10)11(15)5-4-9-6-7-16-8-9/h6-8H,2-5H2,1H3. The van der Waals surface area contributed by atoms with E-state index in [0.717, 1.165) is 29.8 Å². The lowest BCUT2D eigenvalue weighted by Crippen LogP contribution is -2.02. The van der Waals surface area contributed by atoms with Gasteiger partial charge in [-0.05, 0) is 46.8 Å². The normalized spacial score (nSPS) is 10.6. The van der Waals surface area contributed by atoms with Crippen LogP contribution in [-0.4, -0.2) is 15.4 Å². The van der Waals surface area contributed by atoms with E-state index in [-0.39, 0.29) is 5.78 Å². The first kappa shape index (κ1) is 12.4. The topological polar surface area (TPSA) is 42.9 Å². The van der Waals surface area contributed by atoms with Gasteiger partial charge < -0.3 is 0 Å². The maximum Gasteiger partial charge on any atom is 0.176 e. The van der Waals surface area contributed by atoms with Crippen molar-refractivity contribution in [2.45, 2.75) is 32.6 Å². The Bertz CT molecular complexity index is 476. The van der Waals surface area contributed by atoms with Crippen LogP contribution >= 0.6 is 22.9 Å². The molecule has 0 aliphatic heterocycles. The fourth-order valence-electron chi connectivity index (χ4n) is 1.63. The van der Waals surface area contributed by atoms with Crippen LogP contribution in [0.3, 0.4) is 0 Å². The van der Waals surface area contributed by atoms with Crippen molar-refractivity contribution in [2.24, 2.45) is 0 Å². The van der Waals surface area contributed by atoms with Crippen molar-refractivity contribution in [2.75, 3.05) is 0 Å². The molecule has 0 aromatic carbocycles. The van der Waals surface area contributed by atoms with Gasteiger partial charge in [0.05, 0.1) is 5.69 Å². The minimum absolute atomic E-state index is 0.176. The van der Waals surface area contributed by atoms with E-state index < -0.39 is 0 Å². The Morgan fingerprint density at radius 3 is 3.00 bits per heavy atom. The monoisotopic (exact) mass is 266 g/mol. The number of nitrogens with zero attached hydrogens (tertiary/aromatic N) is 2. The highest BCUT2D eigenvalue weighted by atomic mass is 32.1. The molecule has 0 fully saturated rings. The van der Waals surface area contributed by atoms with Crippen LogP contribution < -0.4 is 0 Å². The minimum atomic E-state index is 0.176. The van der Waals surface area contributed by atoms with Crippen molar-refractivity contribution in [1.82, 2.24) is 9.59 Å². The van der Waals surface area contributed by atoms with Gasteiger partial charge >= 0.3 is 0 Å². The molecule has 0 unspecified atom stereocenters. The van der Waals surface area contributed by atoms with Crippen molar-refractivity contribution in [3.05, 3.63) is 33.0 Å². The predicted molar refractivity (Wildman–Crippen MR) is 70.9 cm³/mol. The smallest absolute Gasteiger partial charge is 0.176 e. The van der Waals surface area contributed by atoms with Crippen molar-refractivity contribution in [3.8, 4) is 0 Å². The first-order chi connectivity index (χ1) is 8.31. The second kappa shape index (κ2) is 6.02. The van der Waals surface area contributed by atoms with Gasteiger partial charge in [0.2, 0.25) is 0 Å². The fraction of sp³-hybridized carbons (Fsp3) is 0.417. The Labute approximate surface area is 109 Å². The zero-order valence-corrected chi connectivity index (χ0v) is 11.3. The van der Waals surface area contributed by atoms with Crippen LogP contribution in [0.25, 0.3) is 0 Å². The molecule has 0 atom stereocenters. The van der Waals surface area contributed by atoms with Gasteiger partial charge in [-0.15, -0.1) is 5.10 Å². The summed E-state index contributed by atoms with van der Waals surface area (Å²) < 4.78 is 3.88. The second-order valence-electron chi connectivity index (χ2n) is 3.85. The Hall–Kier alpha value is -1.07. The SMILES string of the molecule is CCCc1nnsc1C(=O)CCc1ccsc1. The van der Waals surface area contributed by atoms with Gasteiger partial charge in [-0.25, -0.2) is 0 Å². The molecule has 0 spiro atoms. The summed E-state index contributed by atoms with van der Waals surface area (Å²) >= 11 is 2.89. The van der Waals surface area contributed by atoms with Crippen LogP contribution in [0.5, 0.6) is 0 Å². The molecule has 2 heterocycles. The zero-order valence-electron chi connectivity index (χ0n) is 9.68. The molecule has 0 bridgehead atoms. The molecular weight excluding hydrogens is 252 g/mol. The highest BCUT2D eigenvalue weighted by molar-refractivity contribution is 7.08. The molecule has 2 aromatic heterocycles. The molecule has 0 amide bonds. The number of Topliss-reactive ketones (excluding diaryl/α,β-unsaturated/α-hetero) is 1.